The number of benzene rings is 2. The molecule has 1 N–H and O–H groups in total. The topological polar surface area (TPSA) is 87.8 Å². The Morgan fingerprint density at radius 1 is 1.23 bits per heavy atom. The Hall–Kier alpha value is -3.46. The second-order valence-electron chi connectivity index (χ2n) is 5.93. The van der Waals surface area contributed by atoms with Crippen LogP contribution in [-0.2, 0) is 11.3 Å². The number of nitriles is 1. The molecule has 0 spiro atoms. The summed E-state index contributed by atoms with van der Waals surface area (Å²) in [5.74, 6) is -2.61. The molecule has 0 aliphatic rings. The molecule has 0 saturated heterocycles. The van der Waals surface area contributed by atoms with Crippen molar-refractivity contribution in [3.8, 4) is 6.07 Å². The lowest BCUT2D eigenvalue weighted by atomic mass is 10.00. The van der Waals surface area contributed by atoms with Gasteiger partial charge < -0.3 is 5.32 Å². The van der Waals surface area contributed by atoms with E-state index in [1.165, 1.54) is 6.20 Å². The number of hydrogen-bond donors (Lipinski definition) is 1. The SMILES string of the molecule is CCCn1cc(C(=O)C(C#N)C(=O)Nc2cccc3ccccc23)cn1. The van der Waals surface area contributed by atoms with Crippen LogP contribution in [0.5, 0.6) is 0 Å². The van der Waals surface area contributed by atoms with Crippen molar-refractivity contribution in [2.45, 2.75) is 19.9 Å². The number of anilines is 1. The molecule has 0 saturated carbocycles. The van der Waals surface area contributed by atoms with Crippen LogP contribution in [0.2, 0.25) is 0 Å². The minimum absolute atomic E-state index is 0.262. The van der Waals surface area contributed by atoms with Gasteiger partial charge in [-0.15, -0.1) is 0 Å². The zero-order valence-corrected chi connectivity index (χ0v) is 14.3. The van der Waals surface area contributed by atoms with Gasteiger partial charge in [-0.2, -0.15) is 10.4 Å². The maximum absolute atomic E-state index is 12.6. The Morgan fingerprint density at radius 2 is 2.00 bits per heavy atom. The first kappa shape index (κ1) is 17.4. The number of ketones is 1. The van der Waals surface area contributed by atoms with Crippen molar-refractivity contribution in [1.82, 2.24) is 9.78 Å². The van der Waals surface area contributed by atoms with Gasteiger partial charge >= 0.3 is 0 Å². The van der Waals surface area contributed by atoms with Crippen molar-refractivity contribution in [2.24, 2.45) is 5.92 Å². The van der Waals surface area contributed by atoms with E-state index < -0.39 is 17.6 Å². The van der Waals surface area contributed by atoms with Gasteiger partial charge in [0.15, 0.2) is 11.7 Å². The highest BCUT2D eigenvalue weighted by molar-refractivity contribution is 6.16. The summed E-state index contributed by atoms with van der Waals surface area (Å²) in [6.45, 7) is 2.67. The van der Waals surface area contributed by atoms with Crippen LogP contribution in [0.3, 0.4) is 0 Å². The van der Waals surface area contributed by atoms with E-state index in [0.29, 0.717) is 12.2 Å². The standard InChI is InChI=1S/C20H18N4O2/c1-2-10-24-13-15(12-22-24)19(25)17(11-21)20(26)23-18-9-5-7-14-6-3-4-8-16(14)18/h3-9,12-13,17H,2,10H2,1H3,(H,23,26). The Labute approximate surface area is 151 Å². The van der Waals surface area contributed by atoms with Crippen molar-refractivity contribution >= 4 is 28.2 Å². The summed E-state index contributed by atoms with van der Waals surface area (Å²) in [6.07, 6.45) is 3.84. The van der Waals surface area contributed by atoms with E-state index in [0.717, 1.165) is 17.2 Å². The zero-order chi connectivity index (χ0) is 18.5. The number of hydrogen-bond acceptors (Lipinski definition) is 4. The van der Waals surface area contributed by atoms with Crippen LogP contribution >= 0.6 is 0 Å². The summed E-state index contributed by atoms with van der Waals surface area (Å²) in [5.41, 5.74) is 0.834. The van der Waals surface area contributed by atoms with Gasteiger partial charge in [-0.1, -0.05) is 43.3 Å². The first-order valence-electron chi connectivity index (χ1n) is 8.39. The fraction of sp³-hybridized carbons (Fsp3) is 0.200. The molecule has 0 radical (unpaired) electrons. The summed E-state index contributed by atoms with van der Waals surface area (Å²) in [6, 6.07) is 14.9. The summed E-state index contributed by atoms with van der Waals surface area (Å²) >= 11 is 0. The number of aryl methyl sites for hydroxylation is 1. The third kappa shape index (κ3) is 3.47. The molecule has 1 heterocycles. The maximum atomic E-state index is 12.6. The molecule has 6 nitrogen and oxygen atoms in total. The number of aromatic nitrogens is 2. The normalized spacial score (nSPS) is 11.7. The minimum Gasteiger partial charge on any atom is -0.324 e. The molecule has 0 bridgehead atoms. The average Bonchev–Trinajstić information content (AvgIpc) is 3.11. The number of amides is 1. The quantitative estimate of drug-likeness (QED) is 0.547. The van der Waals surface area contributed by atoms with E-state index in [1.54, 1.807) is 16.9 Å². The Morgan fingerprint density at radius 3 is 2.77 bits per heavy atom. The second-order valence-corrected chi connectivity index (χ2v) is 5.93. The Balaban J connectivity index is 1.82. The van der Waals surface area contributed by atoms with Gasteiger partial charge in [0.2, 0.25) is 5.91 Å². The van der Waals surface area contributed by atoms with E-state index in [-0.39, 0.29) is 5.56 Å². The summed E-state index contributed by atoms with van der Waals surface area (Å²) < 4.78 is 1.63. The van der Waals surface area contributed by atoms with Crippen LogP contribution < -0.4 is 5.32 Å². The molecule has 0 fully saturated rings. The summed E-state index contributed by atoms with van der Waals surface area (Å²) in [5, 5.41) is 18.0. The van der Waals surface area contributed by atoms with Crippen molar-refractivity contribution in [3.63, 3.8) is 0 Å². The van der Waals surface area contributed by atoms with Crippen molar-refractivity contribution in [3.05, 3.63) is 60.4 Å². The van der Waals surface area contributed by atoms with Gasteiger partial charge in [-0.3, -0.25) is 14.3 Å². The second kappa shape index (κ2) is 7.62. The smallest absolute Gasteiger partial charge is 0.249 e. The predicted molar refractivity (Wildman–Crippen MR) is 98.5 cm³/mol. The number of nitrogens with one attached hydrogen (secondary N) is 1. The number of rotatable bonds is 6. The largest absolute Gasteiger partial charge is 0.324 e. The van der Waals surface area contributed by atoms with Crippen LogP contribution in [0.1, 0.15) is 23.7 Å². The fourth-order valence-corrected chi connectivity index (χ4v) is 2.78. The number of Topliss-reactive ketones (excluding diaryl/α,β-unsaturated/α-hetero) is 1. The third-order valence-corrected chi connectivity index (χ3v) is 4.07. The molecule has 0 aliphatic carbocycles. The van der Waals surface area contributed by atoms with Crippen LogP contribution in [0, 0.1) is 17.2 Å². The molecular weight excluding hydrogens is 328 g/mol. The maximum Gasteiger partial charge on any atom is 0.249 e. The molecule has 130 valence electrons. The van der Waals surface area contributed by atoms with Crippen molar-refractivity contribution in [2.75, 3.05) is 5.32 Å². The van der Waals surface area contributed by atoms with Crippen LogP contribution in [0.25, 0.3) is 10.8 Å². The van der Waals surface area contributed by atoms with Crippen LogP contribution in [0.4, 0.5) is 5.69 Å². The molecule has 1 aromatic heterocycles. The molecule has 3 aromatic rings. The van der Waals surface area contributed by atoms with Crippen molar-refractivity contribution < 1.29 is 9.59 Å². The molecule has 0 aliphatic heterocycles. The summed E-state index contributed by atoms with van der Waals surface area (Å²) in [7, 11) is 0. The van der Waals surface area contributed by atoms with E-state index in [4.69, 9.17) is 0 Å². The third-order valence-electron chi connectivity index (χ3n) is 4.07. The minimum atomic E-state index is -1.42. The molecule has 6 heteroatoms. The predicted octanol–water partition coefficient (Wildman–Crippen LogP) is 3.41. The highest BCUT2D eigenvalue weighted by Gasteiger charge is 2.28. The lowest BCUT2D eigenvalue weighted by molar-refractivity contribution is -0.117. The van der Waals surface area contributed by atoms with E-state index in [9.17, 15) is 14.9 Å². The lowest BCUT2D eigenvalue weighted by Crippen LogP contribution is -2.28. The van der Waals surface area contributed by atoms with Gasteiger partial charge in [-0.25, -0.2) is 0 Å². The number of fused-ring (bicyclic) bond motifs is 1. The molecule has 1 amide bonds. The Bertz CT molecular complexity index is 995. The van der Waals surface area contributed by atoms with E-state index in [2.05, 4.69) is 10.4 Å². The van der Waals surface area contributed by atoms with E-state index in [1.807, 2.05) is 49.4 Å². The number of carbonyl (C=O) groups is 2. The lowest BCUT2D eigenvalue weighted by Gasteiger charge is -2.11. The molecule has 2 aromatic carbocycles. The highest BCUT2D eigenvalue weighted by atomic mass is 16.2. The average molecular weight is 346 g/mol. The van der Waals surface area contributed by atoms with Gasteiger partial charge in [0.25, 0.3) is 0 Å². The molecular formula is C20H18N4O2. The molecule has 1 unspecified atom stereocenters. The number of carbonyl (C=O) groups excluding carboxylic acids is 2. The van der Waals surface area contributed by atoms with Gasteiger partial charge in [0.05, 0.1) is 17.8 Å². The van der Waals surface area contributed by atoms with Crippen molar-refractivity contribution in [1.29, 1.82) is 5.26 Å². The van der Waals surface area contributed by atoms with Crippen LogP contribution in [0.15, 0.2) is 54.9 Å². The fourth-order valence-electron chi connectivity index (χ4n) is 2.78. The highest BCUT2D eigenvalue weighted by Crippen LogP contribution is 2.23. The monoisotopic (exact) mass is 346 g/mol. The molecule has 1 atom stereocenters. The number of nitrogens with zero attached hydrogens (tertiary/aromatic N) is 3. The van der Waals surface area contributed by atoms with E-state index >= 15 is 0 Å². The van der Waals surface area contributed by atoms with Gasteiger partial charge in [0, 0.05) is 23.8 Å². The zero-order valence-electron chi connectivity index (χ0n) is 14.3. The first-order valence-corrected chi connectivity index (χ1v) is 8.39. The van der Waals surface area contributed by atoms with Gasteiger partial charge in [0.1, 0.15) is 0 Å². The summed E-state index contributed by atoms with van der Waals surface area (Å²) in [4.78, 5) is 25.1. The Kier molecular flexibility index (Phi) is 5.09. The molecule has 26 heavy (non-hydrogen) atoms. The first-order chi connectivity index (χ1) is 12.6. The van der Waals surface area contributed by atoms with Crippen LogP contribution in [-0.4, -0.2) is 21.5 Å². The van der Waals surface area contributed by atoms with Gasteiger partial charge in [-0.05, 0) is 17.9 Å². The molecule has 3 rings (SSSR count).